The van der Waals surface area contributed by atoms with Gasteiger partial charge in [-0.1, -0.05) is 6.92 Å². The zero-order valence-corrected chi connectivity index (χ0v) is 10.8. The lowest BCUT2D eigenvalue weighted by Gasteiger charge is -2.17. The Kier molecular flexibility index (Phi) is 3.94. The lowest BCUT2D eigenvalue weighted by molar-refractivity contribution is 0.506. The molecule has 0 aromatic carbocycles. The van der Waals surface area contributed by atoms with E-state index >= 15 is 0 Å². The van der Waals surface area contributed by atoms with Gasteiger partial charge in [-0.3, -0.25) is 0 Å². The van der Waals surface area contributed by atoms with E-state index < -0.39 is 0 Å². The van der Waals surface area contributed by atoms with Crippen LogP contribution in [0, 0.1) is 0 Å². The minimum Gasteiger partial charge on any atom is -0.384 e. The minimum absolute atomic E-state index is 0.191. The second kappa shape index (κ2) is 5.64. The highest BCUT2D eigenvalue weighted by Crippen LogP contribution is 2.17. The molecule has 96 valence electrons. The van der Waals surface area contributed by atoms with Crippen LogP contribution in [-0.4, -0.2) is 21.1 Å². The third-order valence-electron chi connectivity index (χ3n) is 2.91. The summed E-state index contributed by atoms with van der Waals surface area (Å²) in [5, 5.41) is 3.45. The number of nitrogens with zero attached hydrogens (tertiary/aromatic N) is 3. The maximum atomic E-state index is 5.70. The molecule has 0 fully saturated rings. The monoisotopic (exact) mass is 245 g/mol. The number of likely N-dealkylation sites (N-methyl/N-ethyl adjacent to an activating group) is 1. The Morgan fingerprint density at radius 1 is 1.39 bits per heavy atom. The number of anilines is 1. The fourth-order valence-electron chi connectivity index (χ4n) is 2.07. The van der Waals surface area contributed by atoms with Crippen molar-refractivity contribution >= 4 is 5.82 Å². The molecule has 1 unspecified atom stereocenters. The van der Waals surface area contributed by atoms with E-state index in [1.54, 1.807) is 6.20 Å². The Balaban J connectivity index is 2.19. The zero-order valence-electron chi connectivity index (χ0n) is 10.8. The molecular weight excluding hydrogens is 226 g/mol. The lowest BCUT2D eigenvalue weighted by Crippen LogP contribution is -2.25. The maximum Gasteiger partial charge on any atom is 0.125 e. The van der Waals surface area contributed by atoms with E-state index in [1.807, 2.05) is 36.1 Å². The van der Waals surface area contributed by atoms with Crippen LogP contribution in [0.15, 0.2) is 30.7 Å². The number of aromatic nitrogens is 3. The molecule has 0 saturated heterocycles. The number of rotatable bonds is 5. The van der Waals surface area contributed by atoms with E-state index in [0.717, 1.165) is 24.4 Å². The standard InChI is InChI=1S/C13H19N5/c1-3-15-11(13-17-6-7-18(13)2)8-10-4-5-16-12(14)9-10/h4-7,9,11,15H,3,8H2,1-2H3,(H2,14,16). The molecule has 1 atom stereocenters. The molecule has 0 bridgehead atoms. The fourth-order valence-corrected chi connectivity index (χ4v) is 2.07. The molecule has 0 saturated carbocycles. The van der Waals surface area contributed by atoms with Crippen LogP contribution >= 0.6 is 0 Å². The number of nitrogens with one attached hydrogen (secondary N) is 1. The van der Waals surface area contributed by atoms with Gasteiger partial charge in [-0.2, -0.15) is 0 Å². The average molecular weight is 245 g/mol. The Labute approximate surface area is 107 Å². The number of hydrogen-bond donors (Lipinski definition) is 2. The van der Waals surface area contributed by atoms with Crippen molar-refractivity contribution in [3.8, 4) is 0 Å². The normalized spacial score (nSPS) is 12.6. The first-order valence-corrected chi connectivity index (χ1v) is 6.11. The molecule has 2 rings (SSSR count). The number of aryl methyl sites for hydroxylation is 1. The van der Waals surface area contributed by atoms with Gasteiger partial charge in [0, 0.05) is 25.6 Å². The van der Waals surface area contributed by atoms with Gasteiger partial charge < -0.3 is 15.6 Å². The van der Waals surface area contributed by atoms with Crippen molar-refractivity contribution in [3.63, 3.8) is 0 Å². The second-order valence-corrected chi connectivity index (χ2v) is 4.30. The van der Waals surface area contributed by atoms with Crippen LogP contribution in [0.5, 0.6) is 0 Å². The van der Waals surface area contributed by atoms with Crippen LogP contribution in [0.3, 0.4) is 0 Å². The molecule has 2 aromatic heterocycles. The van der Waals surface area contributed by atoms with Gasteiger partial charge in [-0.05, 0) is 30.7 Å². The Morgan fingerprint density at radius 2 is 2.22 bits per heavy atom. The average Bonchev–Trinajstić information content (AvgIpc) is 2.75. The molecule has 3 N–H and O–H groups in total. The van der Waals surface area contributed by atoms with Crippen molar-refractivity contribution < 1.29 is 0 Å². The molecular formula is C13H19N5. The molecule has 0 aliphatic carbocycles. The highest BCUT2D eigenvalue weighted by Gasteiger charge is 2.15. The summed E-state index contributed by atoms with van der Waals surface area (Å²) < 4.78 is 2.04. The first kappa shape index (κ1) is 12.6. The fraction of sp³-hybridized carbons (Fsp3) is 0.385. The SMILES string of the molecule is CCNC(Cc1ccnc(N)c1)c1nccn1C. The van der Waals surface area contributed by atoms with E-state index in [2.05, 4.69) is 22.2 Å². The molecule has 0 aliphatic rings. The zero-order chi connectivity index (χ0) is 13.0. The quantitative estimate of drug-likeness (QED) is 0.833. The third kappa shape index (κ3) is 2.87. The van der Waals surface area contributed by atoms with Crippen LogP contribution in [-0.2, 0) is 13.5 Å². The predicted octanol–water partition coefficient (Wildman–Crippen LogP) is 1.29. The van der Waals surface area contributed by atoms with Gasteiger partial charge in [0.15, 0.2) is 0 Å². The topological polar surface area (TPSA) is 68.8 Å². The molecule has 5 heteroatoms. The van der Waals surface area contributed by atoms with Gasteiger partial charge in [0.1, 0.15) is 11.6 Å². The van der Waals surface area contributed by atoms with Gasteiger partial charge >= 0.3 is 0 Å². The summed E-state index contributed by atoms with van der Waals surface area (Å²) in [5.41, 5.74) is 6.87. The van der Waals surface area contributed by atoms with E-state index in [4.69, 9.17) is 5.73 Å². The Bertz CT molecular complexity index is 506. The minimum atomic E-state index is 0.191. The molecule has 0 spiro atoms. The second-order valence-electron chi connectivity index (χ2n) is 4.30. The van der Waals surface area contributed by atoms with Crippen LogP contribution in [0.4, 0.5) is 5.82 Å². The highest BCUT2D eigenvalue weighted by atomic mass is 15.1. The number of nitrogens with two attached hydrogens (primary N) is 1. The highest BCUT2D eigenvalue weighted by molar-refractivity contribution is 5.32. The summed E-state index contributed by atoms with van der Waals surface area (Å²) in [6.45, 7) is 2.99. The van der Waals surface area contributed by atoms with E-state index in [-0.39, 0.29) is 6.04 Å². The Hall–Kier alpha value is -1.88. The summed E-state index contributed by atoms with van der Waals surface area (Å²) in [6, 6.07) is 4.09. The maximum absolute atomic E-state index is 5.70. The lowest BCUT2D eigenvalue weighted by atomic mass is 10.1. The van der Waals surface area contributed by atoms with Gasteiger partial charge in [0.25, 0.3) is 0 Å². The van der Waals surface area contributed by atoms with Gasteiger partial charge in [-0.15, -0.1) is 0 Å². The first-order valence-electron chi connectivity index (χ1n) is 6.11. The van der Waals surface area contributed by atoms with E-state index in [9.17, 15) is 0 Å². The van der Waals surface area contributed by atoms with Gasteiger partial charge in [0.05, 0.1) is 6.04 Å². The largest absolute Gasteiger partial charge is 0.384 e. The first-order chi connectivity index (χ1) is 8.70. The third-order valence-corrected chi connectivity index (χ3v) is 2.91. The van der Waals surface area contributed by atoms with Gasteiger partial charge in [-0.25, -0.2) is 9.97 Å². The smallest absolute Gasteiger partial charge is 0.125 e. The summed E-state index contributed by atoms with van der Waals surface area (Å²) in [4.78, 5) is 8.42. The van der Waals surface area contributed by atoms with Crippen LogP contribution in [0.25, 0.3) is 0 Å². The molecule has 0 amide bonds. The van der Waals surface area contributed by atoms with Crippen LogP contribution in [0.2, 0.25) is 0 Å². The summed E-state index contributed by atoms with van der Waals surface area (Å²) >= 11 is 0. The number of pyridine rings is 1. The Morgan fingerprint density at radius 3 is 2.83 bits per heavy atom. The van der Waals surface area contributed by atoms with E-state index in [1.165, 1.54) is 0 Å². The van der Waals surface area contributed by atoms with Crippen LogP contribution in [0.1, 0.15) is 24.4 Å². The molecule has 18 heavy (non-hydrogen) atoms. The van der Waals surface area contributed by atoms with E-state index in [0.29, 0.717) is 5.82 Å². The molecule has 0 radical (unpaired) electrons. The van der Waals surface area contributed by atoms with Gasteiger partial charge in [0.2, 0.25) is 0 Å². The number of nitrogen functional groups attached to an aromatic ring is 1. The summed E-state index contributed by atoms with van der Waals surface area (Å²) in [7, 11) is 2.01. The molecule has 2 heterocycles. The van der Waals surface area contributed by atoms with Crippen molar-refractivity contribution in [3.05, 3.63) is 42.1 Å². The molecule has 5 nitrogen and oxygen atoms in total. The summed E-state index contributed by atoms with van der Waals surface area (Å²) in [5.74, 6) is 1.59. The number of hydrogen-bond acceptors (Lipinski definition) is 4. The van der Waals surface area contributed by atoms with Crippen molar-refractivity contribution in [2.24, 2.45) is 7.05 Å². The number of imidazole rings is 1. The molecule has 2 aromatic rings. The van der Waals surface area contributed by atoms with Crippen molar-refractivity contribution in [1.82, 2.24) is 19.9 Å². The van der Waals surface area contributed by atoms with Crippen molar-refractivity contribution in [2.45, 2.75) is 19.4 Å². The molecule has 0 aliphatic heterocycles. The van der Waals surface area contributed by atoms with Crippen molar-refractivity contribution in [1.29, 1.82) is 0 Å². The predicted molar refractivity (Wildman–Crippen MR) is 72.0 cm³/mol. The van der Waals surface area contributed by atoms with Crippen LogP contribution < -0.4 is 11.1 Å². The summed E-state index contributed by atoms with van der Waals surface area (Å²) in [6.07, 6.45) is 6.37. The van der Waals surface area contributed by atoms with Crippen molar-refractivity contribution in [2.75, 3.05) is 12.3 Å².